The Bertz CT molecular complexity index is 1330. The molecule has 3 aromatic heterocycles. The molecule has 4 heterocycles. The predicted molar refractivity (Wildman–Crippen MR) is 135 cm³/mol. The summed E-state index contributed by atoms with van der Waals surface area (Å²) >= 11 is 0. The van der Waals surface area contributed by atoms with Crippen LogP contribution in [0, 0.1) is 0 Å². The van der Waals surface area contributed by atoms with Gasteiger partial charge < -0.3 is 20.1 Å². The number of likely N-dealkylation sites (tertiary alicyclic amines) is 1. The first-order chi connectivity index (χ1) is 17.6. The van der Waals surface area contributed by atoms with Crippen molar-refractivity contribution < 1.29 is 14.6 Å². The lowest BCUT2D eigenvalue weighted by Gasteiger charge is -2.30. The topological polar surface area (TPSA) is 118 Å². The molecular weight excluding hydrogens is 458 g/mol. The summed E-state index contributed by atoms with van der Waals surface area (Å²) < 4.78 is 8.00. The molecule has 184 valence electrons. The minimum absolute atomic E-state index is 0.0172. The summed E-state index contributed by atoms with van der Waals surface area (Å²) in [5, 5.41) is 17.1. The second-order valence-corrected chi connectivity index (χ2v) is 8.49. The molecule has 1 aromatic carbocycles. The van der Waals surface area contributed by atoms with Crippen molar-refractivity contribution >= 4 is 17.7 Å². The first-order valence-corrected chi connectivity index (χ1v) is 11.9. The van der Waals surface area contributed by atoms with Crippen LogP contribution in [0.4, 0.5) is 16.4 Å². The number of hydrogen-bond acceptors (Lipinski definition) is 7. The van der Waals surface area contributed by atoms with E-state index in [1.165, 1.54) is 4.90 Å². The summed E-state index contributed by atoms with van der Waals surface area (Å²) in [4.78, 5) is 25.9. The number of aryl methyl sites for hydroxylation is 1. The molecule has 0 spiro atoms. The highest BCUT2D eigenvalue weighted by atomic mass is 16.5. The second kappa shape index (κ2) is 10.4. The van der Waals surface area contributed by atoms with Gasteiger partial charge in [0.1, 0.15) is 17.5 Å². The number of carbonyl (C=O) groups is 1. The second-order valence-electron chi connectivity index (χ2n) is 8.49. The van der Waals surface area contributed by atoms with Crippen LogP contribution in [0.2, 0.25) is 0 Å². The largest absolute Gasteiger partial charge is 0.490 e. The van der Waals surface area contributed by atoms with Gasteiger partial charge in [-0.3, -0.25) is 9.67 Å². The fraction of sp³-hybridized carbons (Fsp3) is 0.269. The summed E-state index contributed by atoms with van der Waals surface area (Å²) in [6.07, 6.45) is 7.68. The average molecular weight is 486 g/mol. The van der Waals surface area contributed by atoms with Gasteiger partial charge in [0.25, 0.3) is 0 Å². The van der Waals surface area contributed by atoms with Crippen molar-refractivity contribution in [1.82, 2.24) is 29.6 Å². The smallest absolute Gasteiger partial charge is 0.407 e. The zero-order valence-electron chi connectivity index (χ0n) is 19.9. The van der Waals surface area contributed by atoms with E-state index in [1.807, 2.05) is 60.3 Å². The SMILES string of the molecule is CCn1cc(-c2ccnc(Nc3cccc(OC4CCN(C(=O)O)CC4)c3)n2)c(-c2cccnc2)n1. The number of ether oxygens (including phenoxy) is 1. The van der Waals surface area contributed by atoms with Gasteiger partial charge in [-0.05, 0) is 37.3 Å². The maximum atomic E-state index is 11.1. The minimum Gasteiger partial charge on any atom is -0.490 e. The van der Waals surface area contributed by atoms with Gasteiger partial charge in [-0.15, -0.1) is 0 Å². The van der Waals surface area contributed by atoms with Gasteiger partial charge in [-0.25, -0.2) is 14.8 Å². The monoisotopic (exact) mass is 485 g/mol. The fourth-order valence-electron chi connectivity index (χ4n) is 4.19. The Kier molecular flexibility index (Phi) is 6.74. The van der Waals surface area contributed by atoms with Crippen molar-refractivity contribution in [3.8, 4) is 28.3 Å². The maximum absolute atomic E-state index is 11.1. The van der Waals surface area contributed by atoms with E-state index in [-0.39, 0.29) is 6.10 Å². The molecule has 0 unspecified atom stereocenters. The van der Waals surface area contributed by atoms with Crippen LogP contribution in [0.25, 0.3) is 22.5 Å². The Labute approximate surface area is 208 Å². The number of hydrogen-bond donors (Lipinski definition) is 2. The van der Waals surface area contributed by atoms with Gasteiger partial charge in [-0.2, -0.15) is 5.10 Å². The molecule has 10 nitrogen and oxygen atoms in total. The van der Waals surface area contributed by atoms with Gasteiger partial charge in [0.2, 0.25) is 5.95 Å². The summed E-state index contributed by atoms with van der Waals surface area (Å²) in [6, 6.07) is 13.4. The van der Waals surface area contributed by atoms with Crippen molar-refractivity contribution in [2.75, 3.05) is 18.4 Å². The van der Waals surface area contributed by atoms with E-state index < -0.39 is 6.09 Å². The van der Waals surface area contributed by atoms with Crippen molar-refractivity contribution in [1.29, 1.82) is 0 Å². The van der Waals surface area contributed by atoms with E-state index in [0.29, 0.717) is 37.6 Å². The first kappa shape index (κ1) is 23.3. The number of pyridine rings is 1. The van der Waals surface area contributed by atoms with E-state index in [9.17, 15) is 4.79 Å². The van der Waals surface area contributed by atoms with E-state index in [4.69, 9.17) is 19.9 Å². The summed E-state index contributed by atoms with van der Waals surface area (Å²) in [6.45, 7) is 3.75. The lowest BCUT2D eigenvalue weighted by molar-refractivity contribution is 0.0895. The van der Waals surface area contributed by atoms with E-state index in [1.54, 1.807) is 18.6 Å². The van der Waals surface area contributed by atoms with Gasteiger partial charge in [-0.1, -0.05) is 6.07 Å². The van der Waals surface area contributed by atoms with Gasteiger partial charge in [0.05, 0.1) is 5.69 Å². The molecule has 0 saturated carbocycles. The number of rotatable bonds is 7. The molecule has 10 heteroatoms. The van der Waals surface area contributed by atoms with Crippen molar-refractivity contribution in [3.63, 3.8) is 0 Å². The number of piperidine rings is 1. The third-order valence-electron chi connectivity index (χ3n) is 6.06. The molecule has 36 heavy (non-hydrogen) atoms. The molecule has 1 aliphatic rings. The molecule has 1 amide bonds. The molecule has 2 N–H and O–H groups in total. The Morgan fingerprint density at radius 1 is 1.17 bits per heavy atom. The van der Waals surface area contributed by atoms with Gasteiger partial charge >= 0.3 is 6.09 Å². The molecule has 1 saturated heterocycles. The quantitative estimate of drug-likeness (QED) is 0.387. The number of nitrogens with one attached hydrogen (secondary N) is 1. The number of nitrogens with zero attached hydrogens (tertiary/aromatic N) is 6. The van der Waals surface area contributed by atoms with Gasteiger partial charge in [0.15, 0.2) is 0 Å². The van der Waals surface area contributed by atoms with E-state index >= 15 is 0 Å². The van der Waals surface area contributed by atoms with Crippen molar-refractivity contribution in [2.24, 2.45) is 0 Å². The molecular formula is C26H27N7O3. The zero-order valence-corrected chi connectivity index (χ0v) is 19.9. The highest BCUT2D eigenvalue weighted by Crippen LogP contribution is 2.30. The standard InChI is InChI=1S/C26H27N7O3/c1-2-33-17-22(24(31-33)18-5-4-11-27-16-18)23-8-12-28-25(30-23)29-19-6-3-7-21(15-19)36-20-9-13-32(14-10-20)26(34)35/h3-8,11-12,15-17,20H,2,9-10,13-14H2,1H3,(H,34,35)(H,28,29,30). The van der Waals surface area contributed by atoms with Crippen LogP contribution < -0.4 is 10.1 Å². The highest BCUT2D eigenvalue weighted by molar-refractivity contribution is 5.78. The lowest BCUT2D eigenvalue weighted by atomic mass is 10.1. The highest BCUT2D eigenvalue weighted by Gasteiger charge is 2.23. The zero-order chi connectivity index (χ0) is 24.9. The van der Waals surface area contributed by atoms with Crippen LogP contribution in [-0.2, 0) is 6.54 Å². The number of aromatic nitrogens is 5. The summed E-state index contributed by atoms with van der Waals surface area (Å²) in [5.41, 5.74) is 4.19. The molecule has 1 fully saturated rings. The van der Waals surface area contributed by atoms with Crippen LogP contribution in [0.5, 0.6) is 5.75 Å². The van der Waals surface area contributed by atoms with Crippen molar-refractivity contribution in [3.05, 3.63) is 67.3 Å². The van der Waals surface area contributed by atoms with E-state index in [0.717, 1.165) is 34.7 Å². The van der Waals surface area contributed by atoms with Crippen LogP contribution in [0.1, 0.15) is 19.8 Å². The fourth-order valence-corrected chi connectivity index (χ4v) is 4.19. The van der Waals surface area contributed by atoms with Crippen LogP contribution >= 0.6 is 0 Å². The Morgan fingerprint density at radius 2 is 2.03 bits per heavy atom. The number of benzene rings is 1. The first-order valence-electron chi connectivity index (χ1n) is 11.9. The lowest BCUT2D eigenvalue weighted by Crippen LogP contribution is -2.41. The molecule has 1 aliphatic heterocycles. The van der Waals surface area contributed by atoms with Crippen LogP contribution in [0.15, 0.2) is 67.3 Å². The van der Waals surface area contributed by atoms with Gasteiger partial charge in [0, 0.05) is 80.1 Å². The van der Waals surface area contributed by atoms with E-state index in [2.05, 4.69) is 15.3 Å². The van der Waals surface area contributed by atoms with Crippen LogP contribution in [0.3, 0.4) is 0 Å². The molecule has 0 atom stereocenters. The molecule has 0 aliphatic carbocycles. The molecule has 0 radical (unpaired) electrons. The number of amides is 1. The number of carboxylic acid groups (broad SMARTS) is 1. The summed E-state index contributed by atoms with van der Waals surface area (Å²) in [5.74, 6) is 1.17. The molecule has 4 aromatic rings. The normalized spacial score (nSPS) is 14.0. The maximum Gasteiger partial charge on any atom is 0.407 e. The predicted octanol–water partition coefficient (Wildman–Crippen LogP) is 4.69. The minimum atomic E-state index is -0.878. The third-order valence-corrected chi connectivity index (χ3v) is 6.06. The van der Waals surface area contributed by atoms with Crippen molar-refractivity contribution in [2.45, 2.75) is 32.4 Å². The Hall–Kier alpha value is -4.47. The Balaban J connectivity index is 1.32. The molecule has 5 rings (SSSR count). The third kappa shape index (κ3) is 5.27. The summed E-state index contributed by atoms with van der Waals surface area (Å²) in [7, 11) is 0. The average Bonchev–Trinajstić information content (AvgIpc) is 3.35. The number of anilines is 2. The molecule has 0 bridgehead atoms. The van der Waals surface area contributed by atoms with Crippen LogP contribution in [-0.4, -0.2) is 60.0 Å². The Morgan fingerprint density at radius 3 is 2.78 bits per heavy atom.